The molecule has 8 aromatic rings. The van der Waals surface area contributed by atoms with Gasteiger partial charge in [0.1, 0.15) is 23.3 Å². The third-order valence-electron chi connectivity index (χ3n) is 13.5. The Balaban J connectivity index is 0.000000193. The van der Waals surface area contributed by atoms with Crippen LogP contribution in [0, 0.1) is 0 Å². The van der Waals surface area contributed by atoms with E-state index in [1.54, 1.807) is 28.4 Å². The largest absolute Gasteiger partial charge is 0.493 e. The molecule has 79 heavy (non-hydrogen) atoms. The normalized spacial score (nSPS) is 15.3. The lowest BCUT2D eigenvalue weighted by atomic mass is 10.1. The van der Waals surface area contributed by atoms with E-state index in [-0.39, 0.29) is 12.2 Å². The van der Waals surface area contributed by atoms with Gasteiger partial charge in [0.2, 0.25) is 0 Å². The minimum Gasteiger partial charge on any atom is -0.493 e. The number of methoxy groups -OCH3 is 4. The topological polar surface area (TPSA) is 186 Å². The SMILES string of the molecule is COc1ccc(-c2cc(N3CCC(O)C3)nc(/C=C/c3nc(N(C)C)c4ccccc4n3)n2)cc1OC.COc1ccc(-c2cc(N3CCC(OCCN(C)C)C3)nc(/C=C/c3nc(N(C)C)c4ccccc4n3)n2)cc1OC. The molecule has 0 bridgehead atoms. The molecular formula is C60H69N13O6. The maximum Gasteiger partial charge on any atom is 0.161 e. The summed E-state index contributed by atoms with van der Waals surface area (Å²) in [6.45, 7) is 4.50. The zero-order valence-electron chi connectivity index (χ0n) is 46.7. The molecule has 4 aromatic heterocycles. The average Bonchev–Trinajstić information content (AvgIpc) is 4.19. The van der Waals surface area contributed by atoms with Gasteiger partial charge < -0.3 is 53.3 Å². The van der Waals surface area contributed by atoms with Gasteiger partial charge in [-0.25, -0.2) is 39.9 Å². The first-order valence-electron chi connectivity index (χ1n) is 26.2. The fourth-order valence-corrected chi connectivity index (χ4v) is 9.37. The molecule has 0 amide bonds. The van der Waals surface area contributed by atoms with Gasteiger partial charge >= 0.3 is 0 Å². The van der Waals surface area contributed by atoms with Crippen LogP contribution in [0.25, 0.3) is 68.6 Å². The molecule has 2 aliphatic rings. The van der Waals surface area contributed by atoms with Crippen LogP contribution < -0.4 is 38.5 Å². The van der Waals surface area contributed by atoms with Crippen LogP contribution >= 0.6 is 0 Å². The summed E-state index contributed by atoms with van der Waals surface area (Å²) in [6.07, 6.45) is 8.85. The average molecular weight is 1070 g/mol. The number of β-amino-alcohol motifs (C(OH)–C–C–N with tert-alkyl or cyclic N) is 1. The lowest BCUT2D eigenvalue weighted by Crippen LogP contribution is -2.26. The Morgan fingerprint density at radius 1 is 0.506 bits per heavy atom. The van der Waals surface area contributed by atoms with Gasteiger partial charge in [-0.1, -0.05) is 24.3 Å². The number of para-hydroxylation sites is 2. The second-order valence-electron chi connectivity index (χ2n) is 19.8. The summed E-state index contributed by atoms with van der Waals surface area (Å²) in [6, 6.07) is 31.4. The van der Waals surface area contributed by atoms with Crippen molar-refractivity contribution in [1.29, 1.82) is 0 Å². The molecule has 6 heterocycles. The molecule has 2 aliphatic heterocycles. The second-order valence-corrected chi connectivity index (χ2v) is 19.8. The van der Waals surface area contributed by atoms with Gasteiger partial charge in [-0.05, 0) is 112 Å². The quantitative estimate of drug-likeness (QED) is 0.0862. The van der Waals surface area contributed by atoms with E-state index in [2.05, 4.69) is 28.8 Å². The van der Waals surface area contributed by atoms with Crippen molar-refractivity contribution in [3.05, 3.63) is 120 Å². The molecule has 0 radical (unpaired) electrons. The summed E-state index contributed by atoms with van der Waals surface area (Å²) in [5, 5.41) is 12.1. The summed E-state index contributed by atoms with van der Waals surface area (Å²) in [5.74, 6) is 8.13. The number of hydrogen-bond acceptors (Lipinski definition) is 19. The monoisotopic (exact) mass is 1070 g/mol. The van der Waals surface area contributed by atoms with Crippen molar-refractivity contribution in [2.45, 2.75) is 25.0 Å². The highest BCUT2D eigenvalue weighted by Crippen LogP contribution is 2.35. The molecule has 0 aliphatic carbocycles. The van der Waals surface area contributed by atoms with Crippen LogP contribution in [-0.4, -0.2) is 172 Å². The van der Waals surface area contributed by atoms with Crippen molar-refractivity contribution in [2.24, 2.45) is 0 Å². The first-order chi connectivity index (χ1) is 38.3. The maximum absolute atomic E-state index is 10.1. The molecule has 2 saturated heterocycles. The Bertz CT molecular complexity index is 3460. The van der Waals surface area contributed by atoms with Crippen LogP contribution in [0.15, 0.2) is 97.1 Å². The van der Waals surface area contributed by atoms with Gasteiger partial charge in [-0.3, -0.25) is 0 Å². The van der Waals surface area contributed by atoms with Gasteiger partial charge in [0, 0.05) is 94.9 Å². The van der Waals surface area contributed by atoms with Gasteiger partial charge in [0.15, 0.2) is 46.3 Å². The van der Waals surface area contributed by atoms with E-state index in [0.717, 1.165) is 100 Å². The minimum absolute atomic E-state index is 0.166. The highest BCUT2D eigenvalue weighted by molar-refractivity contribution is 5.91. The number of anilines is 4. The van der Waals surface area contributed by atoms with Crippen molar-refractivity contribution in [3.8, 4) is 45.5 Å². The number of aliphatic hydroxyl groups excluding tert-OH is 1. The highest BCUT2D eigenvalue weighted by Gasteiger charge is 2.26. The number of aromatic nitrogens is 8. The first-order valence-corrected chi connectivity index (χ1v) is 26.2. The Kier molecular flexibility index (Phi) is 17.7. The van der Waals surface area contributed by atoms with E-state index in [1.807, 2.05) is 159 Å². The lowest BCUT2D eigenvalue weighted by Gasteiger charge is -2.19. The molecule has 19 heteroatoms. The van der Waals surface area contributed by atoms with Gasteiger partial charge in [-0.15, -0.1) is 0 Å². The molecule has 2 unspecified atom stereocenters. The van der Waals surface area contributed by atoms with E-state index < -0.39 is 0 Å². The van der Waals surface area contributed by atoms with Crippen molar-refractivity contribution < 1.29 is 28.8 Å². The molecule has 4 aromatic carbocycles. The van der Waals surface area contributed by atoms with Crippen LogP contribution in [-0.2, 0) is 4.74 Å². The summed E-state index contributed by atoms with van der Waals surface area (Å²) in [4.78, 5) is 48.9. The Morgan fingerprint density at radius 3 is 1.38 bits per heavy atom. The molecule has 19 nitrogen and oxygen atoms in total. The molecule has 0 saturated carbocycles. The Morgan fingerprint density at radius 2 is 0.949 bits per heavy atom. The number of rotatable bonds is 18. The summed E-state index contributed by atoms with van der Waals surface area (Å²) in [7, 11) is 18.5. The van der Waals surface area contributed by atoms with E-state index >= 15 is 0 Å². The molecule has 2 atom stereocenters. The van der Waals surface area contributed by atoms with Crippen molar-refractivity contribution in [3.63, 3.8) is 0 Å². The van der Waals surface area contributed by atoms with Crippen molar-refractivity contribution >= 4 is 69.4 Å². The molecule has 10 rings (SSSR count). The standard InChI is InChI=1S/C32H39N7O3.C28H30N6O3/c1-37(2)17-18-42-23-15-16-39(21-23)31-20-26(22-11-12-27(40-5)28(19-22)41-6)34-29(35-31)13-14-30-33-25-10-8-7-9-24(25)32(36-30)38(3)4;1-33(2)28-20-7-5-6-8-21(20)29-26(32-28)12-11-25-30-22(16-27(31-25)34-14-13-19(35)17-34)18-9-10-23(36-3)24(15-18)37-4/h7-14,19-20,23H,15-18,21H2,1-6H3;5-12,15-16,19,35H,13-14,17H2,1-4H3/b14-13+;12-11+. The number of fused-ring (bicyclic) bond motifs is 2. The van der Waals surface area contributed by atoms with Crippen LogP contribution in [0.1, 0.15) is 36.1 Å². The van der Waals surface area contributed by atoms with Crippen LogP contribution in [0.3, 0.4) is 0 Å². The Labute approximate surface area is 461 Å². The van der Waals surface area contributed by atoms with Crippen molar-refractivity contribution in [1.82, 2.24) is 44.8 Å². The fraction of sp³-hybridized carbons (Fsp3) is 0.333. The van der Waals surface area contributed by atoms with E-state index in [9.17, 15) is 5.11 Å². The fourth-order valence-electron chi connectivity index (χ4n) is 9.37. The van der Waals surface area contributed by atoms with Crippen LogP contribution in [0.2, 0.25) is 0 Å². The molecule has 2 fully saturated rings. The molecular weight excluding hydrogens is 999 g/mol. The molecule has 0 spiro atoms. The zero-order valence-corrected chi connectivity index (χ0v) is 46.7. The number of benzene rings is 4. The Hall–Kier alpha value is -8.52. The predicted molar refractivity (Wildman–Crippen MR) is 315 cm³/mol. The van der Waals surface area contributed by atoms with Gasteiger partial charge in [-0.2, -0.15) is 0 Å². The molecule has 410 valence electrons. The first kappa shape index (κ1) is 55.2. The van der Waals surface area contributed by atoms with Gasteiger partial charge in [0.25, 0.3) is 0 Å². The van der Waals surface area contributed by atoms with Gasteiger partial charge in [0.05, 0.1) is 69.7 Å². The number of ether oxygens (including phenoxy) is 5. The predicted octanol–water partition coefficient (Wildman–Crippen LogP) is 8.41. The maximum atomic E-state index is 10.1. The summed E-state index contributed by atoms with van der Waals surface area (Å²) in [5.41, 5.74) is 5.04. The zero-order chi connectivity index (χ0) is 55.6. The summed E-state index contributed by atoms with van der Waals surface area (Å²) >= 11 is 0. The van der Waals surface area contributed by atoms with Crippen molar-refractivity contribution in [2.75, 3.05) is 130 Å². The van der Waals surface area contributed by atoms with E-state index in [0.29, 0.717) is 65.9 Å². The third kappa shape index (κ3) is 13.4. The van der Waals surface area contributed by atoms with E-state index in [1.165, 1.54) is 0 Å². The minimum atomic E-state index is -0.367. The number of hydrogen-bond donors (Lipinski definition) is 1. The van der Waals surface area contributed by atoms with Crippen LogP contribution in [0.4, 0.5) is 23.3 Å². The van der Waals surface area contributed by atoms with Crippen LogP contribution in [0.5, 0.6) is 23.0 Å². The highest BCUT2D eigenvalue weighted by atomic mass is 16.5. The molecule has 1 N–H and O–H groups in total. The number of aliphatic hydroxyl groups is 1. The number of nitrogens with zero attached hydrogens (tertiary/aromatic N) is 13. The smallest absolute Gasteiger partial charge is 0.161 e. The lowest BCUT2D eigenvalue weighted by molar-refractivity contribution is 0.0581. The van der Waals surface area contributed by atoms with E-state index in [4.69, 9.17) is 63.6 Å². The number of likely N-dealkylation sites (N-methyl/N-ethyl adjacent to an activating group) is 1. The third-order valence-corrected chi connectivity index (χ3v) is 13.5. The summed E-state index contributed by atoms with van der Waals surface area (Å²) < 4.78 is 28.0. The second kappa shape index (κ2) is 25.3.